The van der Waals surface area contributed by atoms with Gasteiger partial charge in [-0.25, -0.2) is 4.79 Å². The fraction of sp³-hybridized carbons (Fsp3) is 0.381. The number of urea groups is 1. The van der Waals surface area contributed by atoms with E-state index in [0.717, 1.165) is 24.6 Å². The number of methoxy groups -OCH3 is 1. The molecule has 0 bridgehead atoms. The molecule has 1 aliphatic rings. The van der Waals surface area contributed by atoms with Gasteiger partial charge in [-0.05, 0) is 48.6 Å². The molecular formula is C21H27N3O2. The molecule has 1 aliphatic heterocycles. The molecule has 1 atom stereocenters. The zero-order valence-corrected chi connectivity index (χ0v) is 15.5. The quantitative estimate of drug-likeness (QED) is 0.845. The topological polar surface area (TPSA) is 53.6 Å². The molecule has 138 valence electrons. The summed E-state index contributed by atoms with van der Waals surface area (Å²) >= 11 is 0. The minimum atomic E-state index is -0.247. The lowest BCUT2D eigenvalue weighted by atomic mass is 9.99. The van der Waals surface area contributed by atoms with Crippen molar-refractivity contribution >= 4 is 17.4 Å². The summed E-state index contributed by atoms with van der Waals surface area (Å²) in [4.78, 5) is 14.6. The summed E-state index contributed by atoms with van der Waals surface area (Å²) in [6.45, 7) is 5.05. The minimum absolute atomic E-state index is 0.247. The fourth-order valence-electron chi connectivity index (χ4n) is 3.35. The molecule has 5 heteroatoms. The summed E-state index contributed by atoms with van der Waals surface area (Å²) in [5, 5.41) is 5.70. The van der Waals surface area contributed by atoms with Crippen LogP contribution in [-0.2, 0) is 6.54 Å². The van der Waals surface area contributed by atoms with E-state index < -0.39 is 0 Å². The van der Waals surface area contributed by atoms with Gasteiger partial charge in [0.1, 0.15) is 5.75 Å². The highest BCUT2D eigenvalue weighted by molar-refractivity contribution is 5.90. The van der Waals surface area contributed by atoms with E-state index in [9.17, 15) is 4.79 Å². The van der Waals surface area contributed by atoms with Crippen LogP contribution in [0, 0.1) is 5.92 Å². The summed E-state index contributed by atoms with van der Waals surface area (Å²) in [5.41, 5.74) is 3.00. The molecule has 1 saturated heterocycles. The van der Waals surface area contributed by atoms with Crippen LogP contribution in [0.1, 0.15) is 25.3 Å². The van der Waals surface area contributed by atoms with Crippen molar-refractivity contribution < 1.29 is 9.53 Å². The summed E-state index contributed by atoms with van der Waals surface area (Å²) < 4.78 is 5.24. The number of benzene rings is 2. The van der Waals surface area contributed by atoms with Crippen molar-refractivity contribution in [2.24, 2.45) is 5.92 Å². The Balaban J connectivity index is 1.52. The van der Waals surface area contributed by atoms with Crippen molar-refractivity contribution in [3.8, 4) is 5.75 Å². The van der Waals surface area contributed by atoms with Crippen LogP contribution in [0.25, 0.3) is 0 Å². The summed E-state index contributed by atoms with van der Waals surface area (Å²) in [6, 6.07) is 15.6. The largest absolute Gasteiger partial charge is 0.495 e. The van der Waals surface area contributed by atoms with Crippen LogP contribution in [0.15, 0.2) is 48.5 Å². The predicted molar refractivity (Wildman–Crippen MR) is 106 cm³/mol. The van der Waals surface area contributed by atoms with Crippen molar-refractivity contribution in [2.45, 2.75) is 26.3 Å². The highest BCUT2D eigenvalue weighted by Gasteiger charge is 2.16. The smallest absolute Gasteiger partial charge is 0.319 e. The second-order valence-electron chi connectivity index (χ2n) is 6.87. The molecule has 2 N–H and O–H groups in total. The van der Waals surface area contributed by atoms with E-state index >= 15 is 0 Å². The van der Waals surface area contributed by atoms with Gasteiger partial charge in [0, 0.05) is 25.3 Å². The van der Waals surface area contributed by atoms with Crippen molar-refractivity contribution in [2.75, 3.05) is 30.4 Å². The molecular weight excluding hydrogens is 326 g/mol. The highest BCUT2D eigenvalue weighted by Crippen LogP contribution is 2.24. The van der Waals surface area contributed by atoms with Gasteiger partial charge in [-0.1, -0.05) is 31.2 Å². The number of amides is 2. The van der Waals surface area contributed by atoms with Gasteiger partial charge in [0.15, 0.2) is 0 Å². The molecule has 0 aromatic heterocycles. The SMILES string of the molecule is COc1ccccc1NC(=O)NCc1ccc(N2CCC[C@H](C)C2)cc1. The first-order chi connectivity index (χ1) is 12.7. The molecule has 1 heterocycles. The van der Waals surface area contributed by atoms with Crippen molar-refractivity contribution in [1.29, 1.82) is 0 Å². The van der Waals surface area contributed by atoms with Crippen molar-refractivity contribution in [1.82, 2.24) is 5.32 Å². The van der Waals surface area contributed by atoms with E-state index in [1.165, 1.54) is 18.5 Å². The number of carbonyl (C=O) groups excluding carboxylic acids is 1. The first-order valence-electron chi connectivity index (χ1n) is 9.17. The van der Waals surface area contributed by atoms with Gasteiger partial charge in [0.05, 0.1) is 12.8 Å². The Labute approximate surface area is 155 Å². The van der Waals surface area contributed by atoms with Crippen LogP contribution in [0.2, 0.25) is 0 Å². The molecule has 3 rings (SSSR count). The van der Waals surface area contributed by atoms with Crippen LogP contribution in [0.3, 0.4) is 0 Å². The third-order valence-corrected chi connectivity index (χ3v) is 4.77. The number of anilines is 2. The van der Waals surface area contributed by atoms with Gasteiger partial charge in [0.2, 0.25) is 0 Å². The van der Waals surface area contributed by atoms with Crippen molar-refractivity contribution in [3.05, 3.63) is 54.1 Å². The number of hydrogen-bond donors (Lipinski definition) is 2. The molecule has 2 amide bonds. The van der Waals surface area contributed by atoms with Gasteiger partial charge in [-0.2, -0.15) is 0 Å². The third kappa shape index (κ3) is 4.69. The molecule has 0 unspecified atom stereocenters. The number of hydrogen-bond acceptors (Lipinski definition) is 3. The van der Waals surface area contributed by atoms with Crippen LogP contribution in [0.4, 0.5) is 16.2 Å². The molecule has 0 radical (unpaired) electrons. The first-order valence-corrected chi connectivity index (χ1v) is 9.17. The number of para-hydroxylation sites is 2. The first kappa shape index (κ1) is 18.1. The maximum Gasteiger partial charge on any atom is 0.319 e. The van der Waals surface area contributed by atoms with E-state index in [1.807, 2.05) is 24.3 Å². The molecule has 0 aliphatic carbocycles. The zero-order chi connectivity index (χ0) is 18.4. The molecule has 0 spiro atoms. The standard InChI is InChI=1S/C21H27N3O2/c1-16-6-5-13-24(15-16)18-11-9-17(10-12-18)14-22-21(25)23-19-7-3-4-8-20(19)26-2/h3-4,7-12,16H,5-6,13-15H2,1-2H3,(H2,22,23,25)/t16-/m0/s1. The maximum absolute atomic E-state index is 12.1. The van der Waals surface area contributed by atoms with Gasteiger partial charge in [-0.3, -0.25) is 0 Å². The van der Waals surface area contributed by atoms with Gasteiger partial charge >= 0.3 is 6.03 Å². The number of piperidine rings is 1. The second-order valence-corrected chi connectivity index (χ2v) is 6.87. The summed E-state index contributed by atoms with van der Waals surface area (Å²) in [5.74, 6) is 1.39. The minimum Gasteiger partial charge on any atom is -0.495 e. The van der Waals surface area contributed by atoms with E-state index in [-0.39, 0.29) is 6.03 Å². The summed E-state index contributed by atoms with van der Waals surface area (Å²) in [7, 11) is 1.59. The number of ether oxygens (including phenoxy) is 1. The maximum atomic E-state index is 12.1. The Morgan fingerprint density at radius 2 is 1.96 bits per heavy atom. The van der Waals surface area contributed by atoms with Crippen molar-refractivity contribution in [3.63, 3.8) is 0 Å². The highest BCUT2D eigenvalue weighted by atomic mass is 16.5. The van der Waals surface area contributed by atoms with Crippen LogP contribution in [-0.4, -0.2) is 26.2 Å². The number of nitrogens with zero attached hydrogens (tertiary/aromatic N) is 1. The lowest BCUT2D eigenvalue weighted by Gasteiger charge is -2.32. The number of rotatable bonds is 5. The number of carbonyl (C=O) groups is 1. The Bertz CT molecular complexity index is 730. The average molecular weight is 353 g/mol. The summed E-state index contributed by atoms with van der Waals surface area (Å²) in [6.07, 6.45) is 2.58. The van der Waals surface area contributed by atoms with Gasteiger partial charge in [0.25, 0.3) is 0 Å². The van der Waals surface area contributed by atoms with E-state index in [2.05, 4.69) is 46.7 Å². The molecule has 5 nitrogen and oxygen atoms in total. The number of nitrogens with one attached hydrogen (secondary N) is 2. The molecule has 1 fully saturated rings. The zero-order valence-electron chi connectivity index (χ0n) is 15.5. The van der Waals surface area contributed by atoms with Crippen LogP contribution >= 0.6 is 0 Å². The Morgan fingerprint density at radius 3 is 2.69 bits per heavy atom. The van der Waals surface area contributed by atoms with Gasteiger partial charge in [-0.15, -0.1) is 0 Å². The predicted octanol–water partition coefficient (Wildman–Crippen LogP) is 4.25. The molecule has 2 aromatic carbocycles. The van der Waals surface area contributed by atoms with Crippen LogP contribution in [0.5, 0.6) is 5.75 Å². The monoisotopic (exact) mass is 353 g/mol. The molecule has 0 saturated carbocycles. The Hall–Kier alpha value is -2.69. The second kappa shape index (κ2) is 8.61. The average Bonchev–Trinajstić information content (AvgIpc) is 2.67. The van der Waals surface area contributed by atoms with E-state index in [0.29, 0.717) is 18.0 Å². The molecule has 26 heavy (non-hydrogen) atoms. The van der Waals surface area contributed by atoms with E-state index in [4.69, 9.17) is 4.74 Å². The lowest BCUT2D eigenvalue weighted by Crippen LogP contribution is -2.34. The lowest BCUT2D eigenvalue weighted by molar-refractivity contribution is 0.251. The fourth-order valence-corrected chi connectivity index (χ4v) is 3.35. The Morgan fingerprint density at radius 1 is 1.19 bits per heavy atom. The Kier molecular flexibility index (Phi) is 6.00. The normalized spacial score (nSPS) is 16.8. The van der Waals surface area contributed by atoms with Gasteiger partial charge < -0.3 is 20.3 Å². The molecule has 2 aromatic rings. The van der Waals surface area contributed by atoms with Crippen LogP contribution < -0.4 is 20.3 Å². The third-order valence-electron chi connectivity index (χ3n) is 4.77. The van der Waals surface area contributed by atoms with E-state index in [1.54, 1.807) is 7.11 Å².